The fourth-order valence-electron chi connectivity index (χ4n) is 3.30. The van der Waals surface area contributed by atoms with E-state index < -0.39 is 53.8 Å². The number of nitrogens with one attached hydrogen (secondary N) is 3. The summed E-state index contributed by atoms with van der Waals surface area (Å²) in [5, 5.41) is 16.7. The first-order valence-electron chi connectivity index (χ1n) is 10.7. The summed E-state index contributed by atoms with van der Waals surface area (Å²) in [7, 11) is 0. The largest absolute Gasteiger partial charge is 0.480 e. The number of carboxylic acid groups (broad SMARTS) is 1. The molecule has 0 saturated carbocycles. The zero-order chi connectivity index (χ0) is 25.0. The molecule has 0 unspecified atom stereocenters. The van der Waals surface area contributed by atoms with E-state index in [2.05, 4.69) is 41.2 Å². The van der Waals surface area contributed by atoms with E-state index in [0.717, 1.165) is 0 Å². The lowest BCUT2D eigenvalue weighted by Crippen LogP contribution is -2.56. The van der Waals surface area contributed by atoms with Gasteiger partial charge in [-0.1, -0.05) is 0 Å². The van der Waals surface area contributed by atoms with Crippen molar-refractivity contribution in [2.75, 3.05) is 31.1 Å². The van der Waals surface area contributed by atoms with Gasteiger partial charge >= 0.3 is 5.97 Å². The highest BCUT2D eigenvalue weighted by atomic mass is 32.1. The Morgan fingerprint density at radius 2 is 1.73 bits per heavy atom. The van der Waals surface area contributed by atoms with Gasteiger partial charge in [0.05, 0.1) is 12.6 Å². The van der Waals surface area contributed by atoms with E-state index in [4.69, 9.17) is 11.5 Å². The van der Waals surface area contributed by atoms with Gasteiger partial charge in [0.15, 0.2) is 0 Å². The normalized spacial score (nSPS) is 18.2. The third kappa shape index (κ3) is 9.39. The Morgan fingerprint density at radius 3 is 2.30 bits per heavy atom. The molecule has 4 amide bonds. The molecule has 0 bridgehead atoms. The Labute approximate surface area is 203 Å². The monoisotopic (exact) mass is 506 g/mol. The van der Waals surface area contributed by atoms with Crippen LogP contribution in [-0.4, -0.2) is 94.9 Å². The molecular weight excluding hydrogens is 472 g/mol. The van der Waals surface area contributed by atoms with Crippen LogP contribution in [0.2, 0.25) is 0 Å². The first kappa shape index (κ1) is 29.0. The first-order chi connectivity index (χ1) is 15.7. The summed E-state index contributed by atoms with van der Waals surface area (Å²) >= 11 is 8.02. The van der Waals surface area contributed by atoms with E-state index in [0.29, 0.717) is 38.8 Å². The minimum absolute atomic E-state index is 0.0644. The maximum Gasteiger partial charge on any atom is 0.326 e. The molecule has 1 fully saturated rings. The van der Waals surface area contributed by atoms with Gasteiger partial charge in [-0.05, 0) is 38.6 Å². The predicted octanol–water partition coefficient (Wildman–Crippen LogP) is -2.54. The Hall–Kier alpha value is -2.03. The van der Waals surface area contributed by atoms with Crippen LogP contribution < -0.4 is 27.4 Å². The number of amides is 4. The standard InChI is InChI=1S/C19H34N6O6S2/c20-6-2-1-4-12(19(30)31)23-17(28)13(10-33)24-18(29)14-5-3-7-25(14)15(26)8-22-16(27)11(21)9-32/h11-14,32-33H,1-10,20-21H2,(H,22,27)(H,23,28)(H,24,29)(H,30,31)/t11-,12-,13-,14-/m0/s1. The number of carboxylic acids is 1. The SMILES string of the molecule is NCCCC[C@H](NC(=O)[C@H](CS)NC(=O)[C@@H]1CCCN1C(=O)CNC(=O)[C@@H](N)CS)C(=O)O. The number of likely N-dealkylation sites (tertiary alicyclic amines) is 1. The van der Waals surface area contributed by atoms with Crippen molar-refractivity contribution in [3.05, 3.63) is 0 Å². The summed E-state index contributed by atoms with van der Waals surface area (Å²) in [5.74, 6) is -3.33. The molecule has 188 valence electrons. The second-order valence-electron chi connectivity index (χ2n) is 7.68. The molecule has 0 aromatic rings. The number of nitrogens with zero attached hydrogens (tertiary/aromatic N) is 1. The minimum Gasteiger partial charge on any atom is -0.480 e. The molecular formula is C19H34N6O6S2. The highest BCUT2D eigenvalue weighted by molar-refractivity contribution is 7.80. The molecule has 12 nitrogen and oxygen atoms in total. The lowest BCUT2D eigenvalue weighted by Gasteiger charge is -2.26. The molecule has 1 rings (SSSR count). The topological polar surface area (TPSA) is 197 Å². The van der Waals surface area contributed by atoms with E-state index in [1.807, 2.05) is 0 Å². The molecule has 4 atom stereocenters. The van der Waals surface area contributed by atoms with Crippen LogP contribution in [0.3, 0.4) is 0 Å². The van der Waals surface area contributed by atoms with Crippen molar-refractivity contribution in [3.63, 3.8) is 0 Å². The number of carbonyl (C=O) groups excluding carboxylic acids is 4. The molecule has 0 spiro atoms. The summed E-state index contributed by atoms with van der Waals surface area (Å²) in [6.07, 6.45) is 2.32. The first-order valence-corrected chi connectivity index (χ1v) is 12.0. The minimum atomic E-state index is -1.18. The average molecular weight is 507 g/mol. The Balaban J connectivity index is 2.69. The summed E-state index contributed by atoms with van der Waals surface area (Å²) in [5.41, 5.74) is 11.0. The second-order valence-corrected chi connectivity index (χ2v) is 8.41. The van der Waals surface area contributed by atoms with Gasteiger partial charge in [-0.25, -0.2) is 4.79 Å². The number of hydrogen-bond acceptors (Lipinski definition) is 9. The molecule has 14 heteroatoms. The lowest BCUT2D eigenvalue weighted by atomic mass is 10.1. The van der Waals surface area contributed by atoms with Crippen LogP contribution in [0.1, 0.15) is 32.1 Å². The van der Waals surface area contributed by atoms with E-state index in [-0.39, 0.29) is 24.5 Å². The van der Waals surface area contributed by atoms with Crippen molar-refractivity contribution in [2.45, 2.75) is 56.3 Å². The average Bonchev–Trinajstić information content (AvgIpc) is 3.29. The molecule has 8 N–H and O–H groups in total. The van der Waals surface area contributed by atoms with Crippen molar-refractivity contribution >= 4 is 54.9 Å². The number of unbranched alkanes of at least 4 members (excludes halogenated alkanes) is 1. The number of carbonyl (C=O) groups is 5. The quantitative estimate of drug-likeness (QED) is 0.0931. The van der Waals surface area contributed by atoms with Gasteiger partial charge < -0.3 is 37.4 Å². The van der Waals surface area contributed by atoms with Crippen molar-refractivity contribution in [1.82, 2.24) is 20.9 Å². The molecule has 0 aliphatic carbocycles. The van der Waals surface area contributed by atoms with E-state index in [9.17, 15) is 29.1 Å². The number of hydrogen-bond donors (Lipinski definition) is 8. The number of nitrogens with two attached hydrogens (primary N) is 2. The third-order valence-electron chi connectivity index (χ3n) is 5.20. The zero-order valence-corrected chi connectivity index (χ0v) is 20.2. The predicted molar refractivity (Wildman–Crippen MR) is 128 cm³/mol. The van der Waals surface area contributed by atoms with Crippen molar-refractivity contribution in [1.29, 1.82) is 0 Å². The zero-order valence-electron chi connectivity index (χ0n) is 18.4. The van der Waals surface area contributed by atoms with Crippen LogP contribution in [0.15, 0.2) is 0 Å². The van der Waals surface area contributed by atoms with Crippen LogP contribution in [0.25, 0.3) is 0 Å². The van der Waals surface area contributed by atoms with Crippen LogP contribution in [-0.2, 0) is 24.0 Å². The van der Waals surface area contributed by atoms with Crippen LogP contribution >= 0.6 is 25.3 Å². The number of rotatable bonds is 14. The summed E-state index contributed by atoms with van der Waals surface area (Å²) < 4.78 is 0. The molecule has 1 heterocycles. The highest BCUT2D eigenvalue weighted by Crippen LogP contribution is 2.17. The van der Waals surface area contributed by atoms with Gasteiger partial charge in [-0.3, -0.25) is 19.2 Å². The lowest BCUT2D eigenvalue weighted by molar-refractivity contribution is -0.143. The molecule has 1 aliphatic heterocycles. The molecule has 33 heavy (non-hydrogen) atoms. The third-order valence-corrected chi connectivity index (χ3v) is 5.96. The van der Waals surface area contributed by atoms with E-state index in [1.54, 1.807) is 0 Å². The van der Waals surface area contributed by atoms with Crippen molar-refractivity contribution in [3.8, 4) is 0 Å². The maximum absolute atomic E-state index is 12.8. The van der Waals surface area contributed by atoms with Crippen LogP contribution in [0, 0.1) is 0 Å². The van der Waals surface area contributed by atoms with Crippen molar-refractivity contribution < 1.29 is 29.1 Å². The van der Waals surface area contributed by atoms with Crippen LogP contribution in [0.5, 0.6) is 0 Å². The number of thiol groups is 2. The van der Waals surface area contributed by atoms with Gasteiger partial charge in [0.2, 0.25) is 23.6 Å². The van der Waals surface area contributed by atoms with Gasteiger partial charge in [0, 0.05) is 18.1 Å². The van der Waals surface area contributed by atoms with Gasteiger partial charge in [0.25, 0.3) is 0 Å². The molecule has 1 saturated heterocycles. The van der Waals surface area contributed by atoms with E-state index >= 15 is 0 Å². The van der Waals surface area contributed by atoms with Crippen LogP contribution in [0.4, 0.5) is 0 Å². The molecule has 0 aromatic carbocycles. The Morgan fingerprint density at radius 1 is 1.03 bits per heavy atom. The molecule has 1 aliphatic rings. The number of aliphatic carboxylic acids is 1. The highest BCUT2D eigenvalue weighted by Gasteiger charge is 2.36. The van der Waals surface area contributed by atoms with Gasteiger partial charge in [-0.15, -0.1) is 0 Å². The van der Waals surface area contributed by atoms with E-state index in [1.165, 1.54) is 4.90 Å². The van der Waals surface area contributed by atoms with Gasteiger partial charge in [0.1, 0.15) is 18.1 Å². The summed E-state index contributed by atoms with van der Waals surface area (Å²) in [4.78, 5) is 62.4. The fourth-order valence-corrected chi connectivity index (χ4v) is 3.72. The Kier molecular flexibility index (Phi) is 13.2. The summed E-state index contributed by atoms with van der Waals surface area (Å²) in [6.45, 7) is 0.424. The summed E-state index contributed by atoms with van der Waals surface area (Å²) in [6, 6.07) is -3.86. The molecule has 0 aromatic heterocycles. The fraction of sp³-hybridized carbons (Fsp3) is 0.737. The smallest absolute Gasteiger partial charge is 0.326 e. The Bertz CT molecular complexity index is 712. The van der Waals surface area contributed by atoms with Crippen molar-refractivity contribution in [2.24, 2.45) is 11.5 Å². The second kappa shape index (κ2) is 15.0. The molecule has 0 radical (unpaired) electrons. The van der Waals surface area contributed by atoms with Gasteiger partial charge in [-0.2, -0.15) is 25.3 Å². The maximum atomic E-state index is 12.8.